The van der Waals surface area contributed by atoms with Crippen molar-refractivity contribution in [3.63, 3.8) is 0 Å². The van der Waals surface area contributed by atoms with Gasteiger partial charge in [0, 0.05) is 18.8 Å². The first-order valence-corrected chi connectivity index (χ1v) is 5.10. The highest BCUT2D eigenvalue weighted by atomic mass is 32.1. The molecule has 0 aromatic heterocycles. The monoisotopic (exact) mass is 216 g/mol. The Kier molecular flexibility index (Phi) is 3.83. The van der Waals surface area contributed by atoms with Crippen LogP contribution in [0.25, 0.3) is 0 Å². The van der Waals surface area contributed by atoms with Crippen LogP contribution in [-0.4, -0.2) is 29.6 Å². The Morgan fingerprint density at radius 1 is 1.57 bits per heavy atom. The summed E-state index contributed by atoms with van der Waals surface area (Å²) in [5.41, 5.74) is 5.13. The molecular formula is C9H16N2O2S. The minimum absolute atomic E-state index is 0.0955. The Morgan fingerprint density at radius 2 is 2.14 bits per heavy atom. The quantitative estimate of drug-likeness (QED) is 0.668. The van der Waals surface area contributed by atoms with Crippen LogP contribution < -0.4 is 11.1 Å². The third-order valence-electron chi connectivity index (χ3n) is 2.37. The highest BCUT2D eigenvalue weighted by Crippen LogP contribution is 2.19. The van der Waals surface area contributed by atoms with Gasteiger partial charge >= 0.3 is 0 Å². The molecule has 0 aromatic carbocycles. The highest BCUT2D eigenvalue weighted by molar-refractivity contribution is 7.80. The molecule has 1 aliphatic heterocycles. The Hall–Kier alpha value is -0.680. The van der Waals surface area contributed by atoms with Crippen LogP contribution in [0.5, 0.6) is 0 Å². The van der Waals surface area contributed by atoms with Gasteiger partial charge in [0.1, 0.15) is 0 Å². The van der Waals surface area contributed by atoms with Crippen LogP contribution in [-0.2, 0) is 9.53 Å². The number of hydrogen-bond acceptors (Lipinski definition) is 3. The molecule has 0 bridgehead atoms. The molecule has 1 amide bonds. The summed E-state index contributed by atoms with van der Waals surface area (Å²) in [6, 6.07) is 0. The summed E-state index contributed by atoms with van der Waals surface area (Å²) >= 11 is 4.67. The number of ether oxygens (including phenoxy) is 1. The van der Waals surface area contributed by atoms with Crippen molar-refractivity contribution in [2.24, 2.45) is 5.73 Å². The van der Waals surface area contributed by atoms with Crippen LogP contribution in [0.1, 0.15) is 26.2 Å². The molecule has 1 fully saturated rings. The highest BCUT2D eigenvalue weighted by Gasteiger charge is 2.28. The van der Waals surface area contributed by atoms with Gasteiger partial charge in [-0.3, -0.25) is 4.79 Å². The van der Waals surface area contributed by atoms with E-state index in [1.807, 2.05) is 6.92 Å². The fourth-order valence-electron chi connectivity index (χ4n) is 1.49. The molecule has 14 heavy (non-hydrogen) atoms. The van der Waals surface area contributed by atoms with Gasteiger partial charge in [0.15, 0.2) is 0 Å². The minimum Gasteiger partial charge on any atom is -0.393 e. The van der Waals surface area contributed by atoms with Crippen molar-refractivity contribution in [1.82, 2.24) is 5.32 Å². The van der Waals surface area contributed by atoms with Crippen molar-refractivity contribution >= 4 is 23.1 Å². The van der Waals surface area contributed by atoms with E-state index >= 15 is 0 Å². The van der Waals surface area contributed by atoms with Crippen molar-refractivity contribution < 1.29 is 9.53 Å². The molecule has 0 aliphatic carbocycles. The number of carbonyl (C=O) groups excluding carboxylic acids is 1. The number of amides is 1. The average Bonchev–Trinajstić information content (AvgIpc) is 2.02. The van der Waals surface area contributed by atoms with E-state index < -0.39 is 0 Å². The summed E-state index contributed by atoms with van der Waals surface area (Å²) in [5.74, 6) is -0.0955. The zero-order valence-corrected chi connectivity index (χ0v) is 9.15. The van der Waals surface area contributed by atoms with Crippen LogP contribution in [0.3, 0.4) is 0 Å². The summed E-state index contributed by atoms with van der Waals surface area (Å²) in [5, 5.41) is 2.94. The largest absolute Gasteiger partial charge is 0.393 e. The summed E-state index contributed by atoms with van der Waals surface area (Å²) in [4.78, 5) is 11.6. The van der Waals surface area contributed by atoms with E-state index in [1.54, 1.807) is 0 Å². The van der Waals surface area contributed by atoms with Crippen LogP contribution in [0.4, 0.5) is 0 Å². The Balaban J connectivity index is 2.41. The van der Waals surface area contributed by atoms with Gasteiger partial charge in [0.05, 0.1) is 11.4 Å². The van der Waals surface area contributed by atoms with Gasteiger partial charge < -0.3 is 15.8 Å². The third-order valence-corrected chi connectivity index (χ3v) is 2.52. The van der Waals surface area contributed by atoms with Gasteiger partial charge in [-0.25, -0.2) is 0 Å². The summed E-state index contributed by atoms with van der Waals surface area (Å²) in [7, 11) is 0. The number of carbonyl (C=O) groups is 1. The summed E-state index contributed by atoms with van der Waals surface area (Å²) in [6.45, 7) is 3.42. The second kappa shape index (κ2) is 4.70. The Bertz CT molecular complexity index is 237. The van der Waals surface area contributed by atoms with Crippen molar-refractivity contribution in [2.75, 3.05) is 13.2 Å². The first kappa shape index (κ1) is 11.4. The maximum Gasteiger partial charge on any atom is 0.227 e. The fourth-order valence-corrected chi connectivity index (χ4v) is 1.62. The molecule has 80 valence electrons. The molecule has 0 saturated carbocycles. The van der Waals surface area contributed by atoms with Crippen LogP contribution in [0.15, 0.2) is 0 Å². The third kappa shape index (κ3) is 3.59. The number of nitrogens with two attached hydrogens (primary N) is 1. The number of nitrogens with one attached hydrogen (secondary N) is 1. The van der Waals surface area contributed by atoms with Gasteiger partial charge in [0.25, 0.3) is 0 Å². The van der Waals surface area contributed by atoms with E-state index in [1.165, 1.54) is 0 Å². The van der Waals surface area contributed by atoms with Gasteiger partial charge in [-0.1, -0.05) is 12.2 Å². The van der Waals surface area contributed by atoms with E-state index in [-0.39, 0.29) is 22.9 Å². The van der Waals surface area contributed by atoms with E-state index in [4.69, 9.17) is 10.5 Å². The van der Waals surface area contributed by atoms with Crippen LogP contribution in [0.2, 0.25) is 0 Å². The molecule has 0 spiro atoms. The lowest BCUT2D eigenvalue weighted by Crippen LogP contribution is -2.50. The molecule has 0 atom stereocenters. The summed E-state index contributed by atoms with van der Waals surface area (Å²) < 4.78 is 5.23. The topological polar surface area (TPSA) is 64.4 Å². The zero-order chi connectivity index (χ0) is 10.6. The smallest absolute Gasteiger partial charge is 0.227 e. The van der Waals surface area contributed by atoms with Gasteiger partial charge in [-0.15, -0.1) is 0 Å². The molecule has 0 aromatic rings. The molecule has 0 unspecified atom stereocenters. The second-order valence-electron chi connectivity index (χ2n) is 3.86. The molecule has 5 heteroatoms. The molecule has 1 heterocycles. The lowest BCUT2D eigenvalue weighted by Gasteiger charge is -2.34. The van der Waals surface area contributed by atoms with Crippen LogP contribution >= 0.6 is 12.2 Å². The molecular weight excluding hydrogens is 200 g/mol. The van der Waals surface area contributed by atoms with E-state index in [0.29, 0.717) is 13.2 Å². The summed E-state index contributed by atoms with van der Waals surface area (Å²) in [6.07, 6.45) is 1.82. The number of hydrogen-bond donors (Lipinski definition) is 2. The second-order valence-corrected chi connectivity index (χ2v) is 4.39. The molecule has 1 saturated heterocycles. The Morgan fingerprint density at radius 3 is 2.64 bits per heavy atom. The van der Waals surface area contributed by atoms with Gasteiger partial charge in [0.2, 0.25) is 5.91 Å². The zero-order valence-electron chi connectivity index (χ0n) is 8.34. The lowest BCUT2D eigenvalue weighted by atomic mass is 9.92. The van der Waals surface area contributed by atoms with E-state index in [9.17, 15) is 4.79 Å². The normalized spacial score (nSPS) is 20.1. The minimum atomic E-state index is -0.153. The molecule has 1 aliphatic rings. The lowest BCUT2D eigenvalue weighted by molar-refractivity contribution is -0.122. The molecule has 4 nitrogen and oxygen atoms in total. The number of rotatable bonds is 3. The van der Waals surface area contributed by atoms with Crippen LogP contribution in [0, 0.1) is 0 Å². The van der Waals surface area contributed by atoms with Gasteiger partial charge in [-0.2, -0.15) is 0 Å². The first-order chi connectivity index (χ1) is 6.52. The standard InChI is InChI=1S/C9H16N2O2S/c1-9(2-4-13-5-3-9)11-8(12)6-7(10)14/h2-6H2,1H3,(H2,10,14)(H,11,12). The SMILES string of the molecule is CC1(NC(=O)CC(N)=S)CCOCC1. The van der Waals surface area contributed by atoms with Crippen molar-refractivity contribution in [2.45, 2.75) is 31.7 Å². The van der Waals surface area contributed by atoms with E-state index in [2.05, 4.69) is 17.5 Å². The molecule has 0 radical (unpaired) electrons. The molecule has 3 N–H and O–H groups in total. The predicted molar refractivity (Wildman–Crippen MR) is 58.0 cm³/mol. The maximum atomic E-state index is 11.4. The molecule has 1 rings (SSSR count). The van der Waals surface area contributed by atoms with Gasteiger partial charge in [-0.05, 0) is 19.8 Å². The average molecular weight is 216 g/mol. The predicted octanol–water partition coefficient (Wildman–Crippen LogP) is 0.348. The van der Waals surface area contributed by atoms with E-state index in [0.717, 1.165) is 12.8 Å². The Labute approximate surface area is 89.2 Å². The van der Waals surface area contributed by atoms with Crippen molar-refractivity contribution in [1.29, 1.82) is 0 Å². The first-order valence-electron chi connectivity index (χ1n) is 4.69. The fraction of sp³-hybridized carbons (Fsp3) is 0.778. The maximum absolute atomic E-state index is 11.4. The van der Waals surface area contributed by atoms with Crippen molar-refractivity contribution in [3.8, 4) is 0 Å². The number of thiocarbonyl (C=S) groups is 1. The van der Waals surface area contributed by atoms with Crippen molar-refractivity contribution in [3.05, 3.63) is 0 Å².